The smallest absolute Gasteiger partial charge is 0.343 e. The lowest BCUT2D eigenvalue weighted by molar-refractivity contribution is -0.168. The van der Waals surface area contributed by atoms with E-state index in [1.54, 1.807) is 27.2 Å². The fourth-order valence-corrected chi connectivity index (χ4v) is 3.71. The number of hydrogen-bond acceptors (Lipinski definition) is 8. The number of nitrogens with zero attached hydrogens (tertiary/aromatic N) is 1. The molecule has 0 spiro atoms. The number of oxazole rings is 1. The summed E-state index contributed by atoms with van der Waals surface area (Å²) in [5.74, 6) is -0.992. The molecule has 3 aromatic rings. The summed E-state index contributed by atoms with van der Waals surface area (Å²) >= 11 is 0. The van der Waals surface area contributed by atoms with Crippen LogP contribution in [0.4, 0.5) is 0 Å². The third-order valence-electron chi connectivity index (χ3n) is 5.52. The highest BCUT2D eigenvalue weighted by Gasteiger charge is 2.49. The van der Waals surface area contributed by atoms with Crippen molar-refractivity contribution in [3.05, 3.63) is 60.4 Å². The van der Waals surface area contributed by atoms with Gasteiger partial charge >= 0.3 is 11.9 Å². The summed E-state index contributed by atoms with van der Waals surface area (Å²) in [6.45, 7) is 4.61. The maximum absolute atomic E-state index is 12.8. The highest BCUT2D eigenvalue weighted by Crippen LogP contribution is 2.27. The highest BCUT2D eigenvalue weighted by molar-refractivity contribution is 6.07. The number of nitrogens with one attached hydrogen (secondary N) is 1. The number of carbonyl (C=O) groups excluding carboxylic acids is 3. The van der Waals surface area contributed by atoms with E-state index in [0.717, 1.165) is 22.4 Å². The van der Waals surface area contributed by atoms with Gasteiger partial charge in [0.1, 0.15) is 17.7 Å². The molecule has 0 saturated heterocycles. The average Bonchev–Trinajstić information content (AvgIpc) is 3.37. The monoisotopic (exact) mass is 494 g/mol. The van der Waals surface area contributed by atoms with E-state index in [9.17, 15) is 14.4 Å². The van der Waals surface area contributed by atoms with E-state index in [4.69, 9.17) is 18.6 Å². The van der Waals surface area contributed by atoms with Crippen molar-refractivity contribution in [3.8, 4) is 28.5 Å². The number of ether oxygens (including phenoxy) is 3. The van der Waals surface area contributed by atoms with E-state index >= 15 is 0 Å². The van der Waals surface area contributed by atoms with Crippen molar-refractivity contribution in [2.45, 2.75) is 39.2 Å². The number of aryl methyl sites for hydroxylation is 1. The van der Waals surface area contributed by atoms with Crippen LogP contribution in [0, 0.1) is 0 Å². The van der Waals surface area contributed by atoms with Crippen molar-refractivity contribution in [2.75, 3.05) is 20.3 Å². The third kappa shape index (κ3) is 6.10. The van der Waals surface area contributed by atoms with Crippen LogP contribution in [0.2, 0.25) is 0 Å². The van der Waals surface area contributed by atoms with Gasteiger partial charge in [-0.15, -0.1) is 0 Å². The maximum Gasteiger partial charge on any atom is 0.343 e. The SMILES string of the molecule is CCOC(=O)C(CCc1ccc(-c2coc(-c3ccc(OC)cc3)n2)cc1)(NC(C)=O)C(=O)OCC. The van der Waals surface area contributed by atoms with Crippen LogP contribution >= 0.6 is 0 Å². The van der Waals surface area contributed by atoms with Gasteiger partial charge in [-0.25, -0.2) is 14.6 Å². The first-order valence-corrected chi connectivity index (χ1v) is 11.7. The summed E-state index contributed by atoms with van der Waals surface area (Å²) in [5.41, 5.74) is 1.26. The predicted octanol–water partition coefficient (Wildman–Crippen LogP) is 3.95. The second-order valence-electron chi connectivity index (χ2n) is 7.99. The summed E-state index contributed by atoms with van der Waals surface area (Å²) in [5, 5.41) is 2.48. The molecule has 2 aromatic carbocycles. The van der Waals surface area contributed by atoms with E-state index < -0.39 is 23.4 Å². The molecule has 0 aliphatic carbocycles. The second-order valence-corrected chi connectivity index (χ2v) is 7.99. The van der Waals surface area contributed by atoms with Crippen molar-refractivity contribution in [1.29, 1.82) is 0 Å². The molecule has 3 rings (SSSR count). The molecule has 0 atom stereocenters. The van der Waals surface area contributed by atoms with E-state index in [1.807, 2.05) is 48.5 Å². The van der Waals surface area contributed by atoms with Gasteiger partial charge in [-0.2, -0.15) is 0 Å². The van der Waals surface area contributed by atoms with Gasteiger partial charge in [0.15, 0.2) is 0 Å². The Morgan fingerprint density at radius 1 is 0.917 bits per heavy atom. The van der Waals surface area contributed by atoms with E-state index in [0.29, 0.717) is 18.0 Å². The standard InChI is InChI=1S/C27H30N2O7/c1-5-34-25(31)27(29-18(3)30,26(32)35-6-2)16-15-19-7-9-20(10-8-19)23-17-36-24(28-23)21-11-13-22(33-4)14-12-21/h7-14,17H,5-6,15-16H2,1-4H3,(H,29,30). The normalized spacial score (nSPS) is 11.0. The lowest BCUT2D eigenvalue weighted by Gasteiger charge is -2.29. The average molecular weight is 495 g/mol. The topological polar surface area (TPSA) is 117 Å². The molecule has 190 valence electrons. The lowest BCUT2D eigenvalue weighted by Crippen LogP contribution is -2.61. The minimum absolute atomic E-state index is 0.0187. The number of carbonyl (C=O) groups is 3. The van der Waals surface area contributed by atoms with Crippen LogP contribution in [-0.2, 0) is 30.3 Å². The number of aromatic nitrogens is 1. The van der Waals surface area contributed by atoms with Crippen LogP contribution in [0.5, 0.6) is 5.75 Å². The van der Waals surface area contributed by atoms with E-state index in [-0.39, 0.29) is 19.6 Å². The molecular formula is C27H30N2O7. The molecule has 0 fully saturated rings. The van der Waals surface area contributed by atoms with Gasteiger partial charge in [0.25, 0.3) is 0 Å². The number of hydrogen-bond donors (Lipinski definition) is 1. The molecule has 9 nitrogen and oxygen atoms in total. The van der Waals surface area contributed by atoms with Gasteiger partial charge in [-0.3, -0.25) is 4.79 Å². The molecule has 0 radical (unpaired) electrons. The molecule has 0 bridgehead atoms. The molecule has 1 aromatic heterocycles. The van der Waals surface area contributed by atoms with Crippen molar-refractivity contribution in [2.24, 2.45) is 0 Å². The summed E-state index contributed by atoms with van der Waals surface area (Å²) in [7, 11) is 1.61. The van der Waals surface area contributed by atoms with Crippen molar-refractivity contribution in [1.82, 2.24) is 10.3 Å². The van der Waals surface area contributed by atoms with Crippen LogP contribution in [0.15, 0.2) is 59.2 Å². The van der Waals surface area contributed by atoms with Crippen LogP contribution in [-0.4, -0.2) is 48.7 Å². The van der Waals surface area contributed by atoms with Gasteiger partial charge in [0.05, 0.1) is 20.3 Å². The van der Waals surface area contributed by atoms with Crippen molar-refractivity contribution >= 4 is 17.8 Å². The van der Waals surface area contributed by atoms with Crippen LogP contribution in [0.25, 0.3) is 22.7 Å². The van der Waals surface area contributed by atoms with Gasteiger partial charge in [0.2, 0.25) is 17.3 Å². The van der Waals surface area contributed by atoms with Gasteiger partial charge in [-0.05, 0) is 56.5 Å². The summed E-state index contributed by atoms with van der Waals surface area (Å²) in [4.78, 5) is 42.0. The molecule has 36 heavy (non-hydrogen) atoms. The Labute approximate surface area is 209 Å². The summed E-state index contributed by atoms with van der Waals surface area (Å²) in [6.07, 6.45) is 1.88. The highest BCUT2D eigenvalue weighted by atomic mass is 16.6. The fourth-order valence-electron chi connectivity index (χ4n) is 3.71. The quantitative estimate of drug-likeness (QED) is 0.315. The summed E-state index contributed by atoms with van der Waals surface area (Å²) in [6, 6.07) is 14.9. The van der Waals surface area contributed by atoms with Gasteiger partial charge in [0, 0.05) is 18.1 Å². The third-order valence-corrected chi connectivity index (χ3v) is 5.52. The minimum Gasteiger partial charge on any atom is -0.497 e. The van der Waals surface area contributed by atoms with Crippen molar-refractivity contribution < 1.29 is 33.0 Å². The van der Waals surface area contributed by atoms with Crippen LogP contribution in [0.1, 0.15) is 32.8 Å². The first kappa shape index (κ1) is 26.5. The van der Waals surface area contributed by atoms with E-state index in [2.05, 4.69) is 10.3 Å². The number of amides is 1. The number of esters is 2. The largest absolute Gasteiger partial charge is 0.497 e. The molecule has 1 amide bonds. The molecule has 0 aliphatic heterocycles. The molecule has 1 N–H and O–H groups in total. The molecule has 0 saturated carbocycles. The first-order valence-electron chi connectivity index (χ1n) is 11.7. The van der Waals surface area contributed by atoms with Crippen LogP contribution in [0.3, 0.4) is 0 Å². The zero-order chi connectivity index (χ0) is 26.1. The lowest BCUT2D eigenvalue weighted by atomic mass is 9.90. The Morgan fingerprint density at radius 2 is 1.50 bits per heavy atom. The van der Waals surface area contributed by atoms with Crippen LogP contribution < -0.4 is 10.1 Å². The molecule has 0 unspecified atom stereocenters. The number of benzene rings is 2. The van der Waals surface area contributed by atoms with Crippen molar-refractivity contribution in [3.63, 3.8) is 0 Å². The zero-order valence-electron chi connectivity index (χ0n) is 20.8. The summed E-state index contributed by atoms with van der Waals surface area (Å²) < 4.78 is 21.0. The Kier molecular flexibility index (Phi) is 8.83. The fraction of sp³-hybridized carbons (Fsp3) is 0.333. The number of rotatable bonds is 11. The molecule has 1 heterocycles. The molecule has 9 heteroatoms. The Morgan fingerprint density at radius 3 is 2.03 bits per heavy atom. The Bertz CT molecular complexity index is 1170. The maximum atomic E-state index is 12.8. The zero-order valence-corrected chi connectivity index (χ0v) is 20.8. The first-order chi connectivity index (χ1) is 17.3. The second kappa shape index (κ2) is 12.0. The molecule has 0 aliphatic rings. The predicted molar refractivity (Wildman–Crippen MR) is 132 cm³/mol. The Hall–Kier alpha value is -4.14. The van der Waals surface area contributed by atoms with Gasteiger partial charge in [-0.1, -0.05) is 24.3 Å². The van der Waals surface area contributed by atoms with E-state index in [1.165, 1.54) is 6.92 Å². The molecular weight excluding hydrogens is 464 g/mol. The van der Waals surface area contributed by atoms with Gasteiger partial charge < -0.3 is 23.9 Å². The minimum atomic E-state index is -1.92. The number of methoxy groups -OCH3 is 1. The Balaban J connectivity index is 1.77.